The maximum Gasteiger partial charge on any atom is 0.0405 e. The number of rotatable bonds is 4. The van der Waals surface area contributed by atoms with Crippen molar-refractivity contribution in [3.05, 3.63) is 108 Å². The minimum atomic E-state index is -0.0593. The highest BCUT2D eigenvalue weighted by molar-refractivity contribution is 5.37. The van der Waals surface area contributed by atoms with E-state index in [4.69, 9.17) is 5.73 Å². The minimum Gasteiger partial charge on any atom is -0.323 e. The molecule has 0 radical (unpaired) electrons. The average molecular weight is 273 g/mol. The van der Waals surface area contributed by atoms with Crippen LogP contribution >= 0.6 is 0 Å². The molecule has 0 fully saturated rings. The third-order valence-electron chi connectivity index (χ3n) is 3.86. The predicted octanol–water partition coefficient (Wildman–Crippen LogP) is 4.52. The summed E-state index contributed by atoms with van der Waals surface area (Å²) in [5, 5.41) is 0. The molecule has 1 atom stereocenters. The summed E-state index contributed by atoms with van der Waals surface area (Å²) >= 11 is 0. The van der Waals surface area contributed by atoms with Crippen LogP contribution in [0.2, 0.25) is 0 Å². The Morgan fingerprint density at radius 1 is 0.476 bits per heavy atom. The first-order valence-electron chi connectivity index (χ1n) is 7.26. The van der Waals surface area contributed by atoms with Crippen molar-refractivity contribution in [1.29, 1.82) is 0 Å². The molecular formula is C20H19N. The van der Waals surface area contributed by atoms with Crippen LogP contribution in [0, 0.1) is 0 Å². The predicted molar refractivity (Wildman–Crippen MR) is 88.1 cm³/mol. The molecule has 0 aromatic heterocycles. The topological polar surface area (TPSA) is 26.0 Å². The van der Waals surface area contributed by atoms with E-state index in [1.54, 1.807) is 0 Å². The van der Waals surface area contributed by atoms with Gasteiger partial charge in [-0.25, -0.2) is 0 Å². The first kappa shape index (κ1) is 13.6. The molecule has 0 bridgehead atoms. The molecule has 0 aliphatic rings. The van der Waals surface area contributed by atoms with Crippen molar-refractivity contribution in [3.63, 3.8) is 0 Å². The van der Waals surface area contributed by atoms with Crippen molar-refractivity contribution in [2.45, 2.75) is 12.0 Å². The van der Waals surface area contributed by atoms with Crippen LogP contribution in [0.5, 0.6) is 0 Å². The van der Waals surface area contributed by atoms with Crippen LogP contribution in [-0.2, 0) is 0 Å². The average Bonchev–Trinajstić information content (AvgIpc) is 2.58. The maximum absolute atomic E-state index is 6.60. The highest BCUT2D eigenvalue weighted by atomic mass is 14.7. The lowest BCUT2D eigenvalue weighted by molar-refractivity contribution is 0.629. The Morgan fingerprint density at radius 3 is 1.19 bits per heavy atom. The van der Waals surface area contributed by atoms with Gasteiger partial charge in [-0.3, -0.25) is 0 Å². The minimum absolute atomic E-state index is 0.0593. The monoisotopic (exact) mass is 273 g/mol. The zero-order valence-corrected chi connectivity index (χ0v) is 11.9. The molecule has 0 aliphatic carbocycles. The van der Waals surface area contributed by atoms with E-state index in [-0.39, 0.29) is 12.0 Å². The molecule has 1 nitrogen and oxygen atoms in total. The molecule has 0 spiro atoms. The van der Waals surface area contributed by atoms with Gasteiger partial charge in [-0.05, 0) is 16.7 Å². The van der Waals surface area contributed by atoms with Crippen molar-refractivity contribution in [3.8, 4) is 0 Å². The van der Waals surface area contributed by atoms with Gasteiger partial charge in [0.05, 0.1) is 0 Å². The van der Waals surface area contributed by atoms with Gasteiger partial charge in [-0.15, -0.1) is 0 Å². The molecule has 3 aromatic carbocycles. The molecule has 3 aromatic rings. The third kappa shape index (κ3) is 3.04. The highest BCUT2D eigenvalue weighted by Crippen LogP contribution is 2.34. The maximum atomic E-state index is 6.60. The van der Waals surface area contributed by atoms with E-state index in [1.165, 1.54) is 11.1 Å². The first-order chi connectivity index (χ1) is 10.4. The lowest BCUT2D eigenvalue weighted by atomic mass is 9.82. The molecule has 0 saturated heterocycles. The van der Waals surface area contributed by atoms with Crippen molar-refractivity contribution < 1.29 is 0 Å². The second-order valence-corrected chi connectivity index (χ2v) is 5.24. The largest absolute Gasteiger partial charge is 0.323 e. The van der Waals surface area contributed by atoms with Gasteiger partial charge in [0.25, 0.3) is 0 Å². The Morgan fingerprint density at radius 2 is 0.810 bits per heavy atom. The molecule has 0 aliphatic heterocycles. The van der Waals surface area contributed by atoms with Gasteiger partial charge < -0.3 is 5.73 Å². The molecule has 21 heavy (non-hydrogen) atoms. The summed E-state index contributed by atoms with van der Waals surface area (Å²) < 4.78 is 0. The van der Waals surface area contributed by atoms with E-state index in [0.717, 1.165) is 5.56 Å². The summed E-state index contributed by atoms with van der Waals surface area (Å²) in [6.45, 7) is 0. The van der Waals surface area contributed by atoms with Crippen molar-refractivity contribution in [1.82, 2.24) is 0 Å². The van der Waals surface area contributed by atoms with Gasteiger partial charge in [-0.1, -0.05) is 91.0 Å². The Bertz CT molecular complexity index is 622. The van der Waals surface area contributed by atoms with Crippen molar-refractivity contribution >= 4 is 0 Å². The Balaban J connectivity index is 2.05. The fourth-order valence-electron chi connectivity index (χ4n) is 2.80. The van der Waals surface area contributed by atoms with Gasteiger partial charge in [0, 0.05) is 12.0 Å². The van der Waals surface area contributed by atoms with Crippen LogP contribution in [0.4, 0.5) is 0 Å². The van der Waals surface area contributed by atoms with Crippen LogP contribution in [0.1, 0.15) is 28.7 Å². The quantitative estimate of drug-likeness (QED) is 0.743. The van der Waals surface area contributed by atoms with E-state index in [1.807, 2.05) is 30.3 Å². The smallest absolute Gasteiger partial charge is 0.0405 e. The summed E-state index contributed by atoms with van der Waals surface area (Å²) in [7, 11) is 0. The standard InChI is InChI=1S/C20H19N/c21-20(18-14-8-3-9-15-18)19(16-10-4-1-5-11-16)17-12-6-2-7-13-17/h1-15,19-20H,21H2/t20-/m0/s1. The van der Waals surface area contributed by atoms with Gasteiger partial charge in [0.1, 0.15) is 0 Å². The van der Waals surface area contributed by atoms with E-state index in [2.05, 4.69) is 60.7 Å². The Kier molecular flexibility index (Phi) is 4.13. The van der Waals surface area contributed by atoms with Crippen LogP contribution in [0.15, 0.2) is 91.0 Å². The Hall–Kier alpha value is -2.38. The molecule has 104 valence electrons. The van der Waals surface area contributed by atoms with E-state index in [9.17, 15) is 0 Å². The molecule has 1 heteroatoms. The van der Waals surface area contributed by atoms with Gasteiger partial charge in [-0.2, -0.15) is 0 Å². The van der Waals surface area contributed by atoms with Crippen LogP contribution < -0.4 is 5.73 Å². The fourth-order valence-corrected chi connectivity index (χ4v) is 2.80. The van der Waals surface area contributed by atoms with E-state index >= 15 is 0 Å². The number of nitrogens with two attached hydrogens (primary N) is 1. The molecule has 0 heterocycles. The summed E-state index contributed by atoms with van der Waals surface area (Å²) in [5.41, 5.74) is 10.3. The molecule has 2 N–H and O–H groups in total. The van der Waals surface area contributed by atoms with Crippen molar-refractivity contribution in [2.24, 2.45) is 5.73 Å². The SMILES string of the molecule is N[C@@H](c1ccccc1)C(c1ccccc1)c1ccccc1. The zero-order chi connectivity index (χ0) is 14.5. The molecule has 0 saturated carbocycles. The number of hydrogen-bond donors (Lipinski definition) is 1. The van der Waals surface area contributed by atoms with Crippen molar-refractivity contribution in [2.75, 3.05) is 0 Å². The number of hydrogen-bond acceptors (Lipinski definition) is 1. The zero-order valence-electron chi connectivity index (χ0n) is 11.9. The summed E-state index contributed by atoms with van der Waals surface area (Å²) in [6, 6.07) is 31.2. The summed E-state index contributed by atoms with van der Waals surface area (Å²) in [6.07, 6.45) is 0. The molecular weight excluding hydrogens is 254 g/mol. The lowest BCUT2D eigenvalue weighted by Gasteiger charge is -2.25. The fraction of sp³-hybridized carbons (Fsp3) is 0.100. The van der Waals surface area contributed by atoms with Gasteiger partial charge >= 0.3 is 0 Å². The van der Waals surface area contributed by atoms with Crippen LogP contribution in [-0.4, -0.2) is 0 Å². The first-order valence-corrected chi connectivity index (χ1v) is 7.26. The lowest BCUT2D eigenvalue weighted by Crippen LogP contribution is -2.20. The summed E-state index contributed by atoms with van der Waals surface area (Å²) in [5.74, 6) is 0.162. The Labute approximate surface area is 126 Å². The third-order valence-corrected chi connectivity index (χ3v) is 3.86. The number of benzene rings is 3. The van der Waals surface area contributed by atoms with Gasteiger partial charge in [0.2, 0.25) is 0 Å². The van der Waals surface area contributed by atoms with E-state index in [0.29, 0.717) is 0 Å². The molecule has 0 amide bonds. The van der Waals surface area contributed by atoms with E-state index < -0.39 is 0 Å². The summed E-state index contributed by atoms with van der Waals surface area (Å²) in [4.78, 5) is 0. The second-order valence-electron chi connectivity index (χ2n) is 5.24. The molecule has 0 unspecified atom stereocenters. The van der Waals surface area contributed by atoms with Crippen LogP contribution in [0.3, 0.4) is 0 Å². The van der Waals surface area contributed by atoms with Gasteiger partial charge in [0.15, 0.2) is 0 Å². The normalized spacial score (nSPS) is 12.3. The highest BCUT2D eigenvalue weighted by Gasteiger charge is 2.22. The molecule has 3 rings (SSSR count). The second kappa shape index (κ2) is 6.38. The van der Waals surface area contributed by atoms with Crippen LogP contribution in [0.25, 0.3) is 0 Å².